The minimum atomic E-state index is 0.736. The Balaban J connectivity index is 1.82. The molecular formula is C13H21NS2. The van der Waals surface area contributed by atoms with Crippen molar-refractivity contribution in [3.05, 3.63) is 22.4 Å². The predicted octanol–water partition coefficient (Wildman–Crippen LogP) is 3.41. The van der Waals surface area contributed by atoms with Crippen LogP contribution >= 0.6 is 23.1 Å². The van der Waals surface area contributed by atoms with Gasteiger partial charge < -0.3 is 5.32 Å². The summed E-state index contributed by atoms with van der Waals surface area (Å²) in [6.07, 6.45) is 3.95. The van der Waals surface area contributed by atoms with Gasteiger partial charge in [-0.25, -0.2) is 0 Å². The molecular weight excluding hydrogens is 234 g/mol. The summed E-state index contributed by atoms with van der Waals surface area (Å²) in [6, 6.07) is 3.00. The smallest absolute Gasteiger partial charge is 0.0107 e. The number of hydrogen-bond acceptors (Lipinski definition) is 3. The Hall–Kier alpha value is 0.01000. The molecule has 0 spiro atoms. The first-order valence-electron chi connectivity index (χ1n) is 6.22. The number of thiophene rings is 1. The van der Waals surface area contributed by atoms with Gasteiger partial charge >= 0.3 is 0 Å². The van der Waals surface area contributed by atoms with E-state index in [2.05, 4.69) is 40.8 Å². The molecule has 2 unspecified atom stereocenters. The molecule has 0 saturated carbocycles. The highest BCUT2D eigenvalue weighted by Gasteiger charge is 2.24. The first-order valence-corrected chi connectivity index (χ1v) is 8.32. The van der Waals surface area contributed by atoms with Crippen LogP contribution < -0.4 is 5.32 Å². The van der Waals surface area contributed by atoms with E-state index in [1.165, 1.54) is 36.3 Å². The van der Waals surface area contributed by atoms with Crippen molar-refractivity contribution in [2.75, 3.05) is 18.1 Å². The van der Waals surface area contributed by atoms with Crippen molar-refractivity contribution in [3.8, 4) is 0 Å². The van der Waals surface area contributed by atoms with Gasteiger partial charge in [-0.3, -0.25) is 0 Å². The van der Waals surface area contributed by atoms with Gasteiger partial charge in [-0.2, -0.15) is 23.1 Å². The lowest BCUT2D eigenvalue weighted by molar-refractivity contribution is 0.369. The molecule has 1 aliphatic rings. The maximum atomic E-state index is 3.68. The van der Waals surface area contributed by atoms with Crippen molar-refractivity contribution in [2.24, 2.45) is 5.92 Å². The van der Waals surface area contributed by atoms with Crippen molar-refractivity contribution < 1.29 is 0 Å². The summed E-state index contributed by atoms with van der Waals surface area (Å²) in [5, 5.41) is 8.14. The predicted molar refractivity (Wildman–Crippen MR) is 75.5 cm³/mol. The van der Waals surface area contributed by atoms with Crippen LogP contribution in [0.15, 0.2) is 16.8 Å². The Morgan fingerprint density at radius 1 is 1.56 bits per heavy atom. The van der Waals surface area contributed by atoms with Gasteiger partial charge in [0.15, 0.2) is 0 Å². The topological polar surface area (TPSA) is 12.0 Å². The van der Waals surface area contributed by atoms with Crippen molar-refractivity contribution in [1.82, 2.24) is 5.32 Å². The summed E-state index contributed by atoms with van der Waals surface area (Å²) in [4.78, 5) is 0. The minimum Gasteiger partial charge on any atom is -0.314 e. The molecule has 1 nitrogen and oxygen atoms in total. The van der Waals surface area contributed by atoms with E-state index in [0.29, 0.717) is 0 Å². The molecule has 1 fully saturated rings. The van der Waals surface area contributed by atoms with E-state index in [-0.39, 0.29) is 0 Å². The second-order valence-corrected chi connectivity index (χ2v) is 6.39. The molecule has 0 aromatic carbocycles. The average molecular weight is 255 g/mol. The molecule has 3 heteroatoms. The summed E-state index contributed by atoms with van der Waals surface area (Å²) < 4.78 is 0. The normalized spacial score (nSPS) is 22.4. The molecule has 1 aromatic rings. The second-order valence-electron chi connectivity index (χ2n) is 4.46. The average Bonchev–Trinajstić information content (AvgIpc) is 2.96. The molecule has 0 bridgehead atoms. The van der Waals surface area contributed by atoms with Gasteiger partial charge in [0, 0.05) is 6.04 Å². The van der Waals surface area contributed by atoms with E-state index in [1.807, 2.05) is 11.3 Å². The number of thioether (sulfide) groups is 1. The van der Waals surface area contributed by atoms with Gasteiger partial charge in [0.2, 0.25) is 0 Å². The molecule has 2 heterocycles. The van der Waals surface area contributed by atoms with Crippen LogP contribution in [-0.4, -0.2) is 24.1 Å². The van der Waals surface area contributed by atoms with E-state index < -0.39 is 0 Å². The minimum absolute atomic E-state index is 0.736. The fourth-order valence-corrected chi connectivity index (χ4v) is 4.43. The van der Waals surface area contributed by atoms with Gasteiger partial charge in [0.1, 0.15) is 0 Å². The molecule has 0 amide bonds. The Morgan fingerprint density at radius 3 is 3.12 bits per heavy atom. The van der Waals surface area contributed by atoms with Crippen molar-refractivity contribution in [3.63, 3.8) is 0 Å². The van der Waals surface area contributed by atoms with Crippen LogP contribution in [0.4, 0.5) is 0 Å². The standard InChI is InChI=1S/C13H21NS2/c1-2-14-13(12-6-8-16-10-12)4-3-11-5-7-15-9-11/h5,7,9,12-14H,2-4,6,8,10H2,1H3. The van der Waals surface area contributed by atoms with Gasteiger partial charge in [-0.15, -0.1) is 0 Å². The van der Waals surface area contributed by atoms with Crippen LogP contribution in [-0.2, 0) is 6.42 Å². The molecule has 2 atom stereocenters. The lowest BCUT2D eigenvalue weighted by atomic mass is 9.94. The lowest BCUT2D eigenvalue weighted by Gasteiger charge is -2.23. The van der Waals surface area contributed by atoms with Crippen LogP contribution in [0, 0.1) is 5.92 Å². The van der Waals surface area contributed by atoms with E-state index in [1.54, 1.807) is 0 Å². The van der Waals surface area contributed by atoms with E-state index in [0.717, 1.165) is 18.5 Å². The van der Waals surface area contributed by atoms with Gasteiger partial charge in [-0.05, 0) is 65.6 Å². The van der Waals surface area contributed by atoms with Crippen molar-refractivity contribution in [1.29, 1.82) is 0 Å². The van der Waals surface area contributed by atoms with Gasteiger partial charge in [0.25, 0.3) is 0 Å². The number of rotatable bonds is 6. The maximum Gasteiger partial charge on any atom is 0.0107 e. The SMILES string of the molecule is CCNC(CCc1ccsc1)C1CCSC1. The highest BCUT2D eigenvalue weighted by Crippen LogP contribution is 2.28. The zero-order chi connectivity index (χ0) is 11.2. The zero-order valence-electron chi connectivity index (χ0n) is 9.95. The van der Waals surface area contributed by atoms with Crippen molar-refractivity contribution in [2.45, 2.75) is 32.2 Å². The Morgan fingerprint density at radius 2 is 2.50 bits per heavy atom. The molecule has 1 saturated heterocycles. The molecule has 16 heavy (non-hydrogen) atoms. The Labute approximate surface area is 107 Å². The summed E-state index contributed by atoms with van der Waals surface area (Å²) in [5.74, 6) is 3.63. The molecule has 1 aliphatic heterocycles. The first kappa shape index (κ1) is 12.5. The maximum absolute atomic E-state index is 3.68. The van der Waals surface area contributed by atoms with Gasteiger partial charge in [-0.1, -0.05) is 6.92 Å². The van der Waals surface area contributed by atoms with Crippen LogP contribution in [0.3, 0.4) is 0 Å². The van der Waals surface area contributed by atoms with Crippen LogP contribution in [0.2, 0.25) is 0 Å². The number of aryl methyl sites for hydroxylation is 1. The summed E-state index contributed by atoms with van der Waals surface area (Å²) in [6.45, 7) is 3.33. The van der Waals surface area contributed by atoms with E-state index in [4.69, 9.17) is 0 Å². The van der Waals surface area contributed by atoms with Crippen molar-refractivity contribution >= 4 is 23.1 Å². The van der Waals surface area contributed by atoms with E-state index >= 15 is 0 Å². The lowest BCUT2D eigenvalue weighted by Crippen LogP contribution is -2.36. The van der Waals surface area contributed by atoms with Crippen LogP contribution in [0.1, 0.15) is 25.3 Å². The van der Waals surface area contributed by atoms with Crippen LogP contribution in [0.25, 0.3) is 0 Å². The van der Waals surface area contributed by atoms with Crippen LogP contribution in [0.5, 0.6) is 0 Å². The summed E-state index contributed by atoms with van der Waals surface area (Å²) >= 11 is 3.93. The summed E-state index contributed by atoms with van der Waals surface area (Å²) in [7, 11) is 0. The summed E-state index contributed by atoms with van der Waals surface area (Å²) in [5.41, 5.74) is 1.51. The molecule has 1 N–H and O–H groups in total. The fraction of sp³-hybridized carbons (Fsp3) is 0.692. The monoisotopic (exact) mass is 255 g/mol. The third-order valence-corrected chi connectivity index (χ3v) is 5.24. The molecule has 0 aliphatic carbocycles. The highest BCUT2D eigenvalue weighted by atomic mass is 32.2. The largest absolute Gasteiger partial charge is 0.314 e. The van der Waals surface area contributed by atoms with Gasteiger partial charge in [0.05, 0.1) is 0 Å². The second kappa shape index (κ2) is 6.67. The Bertz CT molecular complexity index is 278. The Kier molecular flexibility index (Phi) is 5.20. The number of nitrogens with one attached hydrogen (secondary N) is 1. The molecule has 90 valence electrons. The highest BCUT2D eigenvalue weighted by molar-refractivity contribution is 7.99. The first-order chi connectivity index (χ1) is 7.90. The molecule has 1 aromatic heterocycles. The third kappa shape index (κ3) is 3.51. The molecule has 0 radical (unpaired) electrons. The zero-order valence-corrected chi connectivity index (χ0v) is 11.6. The number of hydrogen-bond donors (Lipinski definition) is 1. The molecule has 2 rings (SSSR count). The third-order valence-electron chi connectivity index (χ3n) is 3.32. The fourth-order valence-electron chi connectivity index (χ4n) is 2.39. The quantitative estimate of drug-likeness (QED) is 0.836. The van der Waals surface area contributed by atoms with E-state index in [9.17, 15) is 0 Å².